The fourth-order valence-corrected chi connectivity index (χ4v) is 3.26. The predicted molar refractivity (Wildman–Crippen MR) is 95.4 cm³/mol. The Morgan fingerprint density at radius 3 is 2.61 bits per heavy atom. The van der Waals surface area contributed by atoms with Crippen LogP contribution in [0.5, 0.6) is 0 Å². The molecule has 1 N–H and O–H groups in total. The van der Waals surface area contributed by atoms with Gasteiger partial charge in [0.05, 0.1) is 12.7 Å². The minimum atomic E-state index is 0.347. The third-order valence-corrected chi connectivity index (χ3v) is 4.57. The van der Waals surface area contributed by atoms with Gasteiger partial charge in [-0.05, 0) is 46.5 Å². The summed E-state index contributed by atoms with van der Waals surface area (Å²) in [5.41, 5.74) is 3.78. The van der Waals surface area contributed by atoms with Gasteiger partial charge in [-0.1, -0.05) is 60.7 Å². The van der Waals surface area contributed by atoms with Gasteiger partial charge in [0.25, 0.3) is 0 Å². The Kier molecular flexibility index (Phi) is 4.10. The maximum absolute atomic E-state index is 6.08. The highest BCUT2D eigenvalue weighted by Crippen LogP contribution is 2.28. The minimum absolute atomic E-state index is 0.347. The first-order valence-corrected chi connectivity index (χ1v) is 8.29. The first-order chi connectivity index (χ1) is 11.4. The maximum Gasteiger partial charge on any atom is 0.0727 e. The van der Waals surface area contributed by atoms with Gasteiger partial charge in [-0.15, -0.1) is 0 Å². The zero-order valence-corrected chi connectivity index (χ0v) is 13.2. The quantitative estimate of drug-likeness (QED) is 0.772. The molecule has 1 aliphatic heterocycles. The van der Waals surface area contributed by atoms with Gasteiger partial charge in [-0.3, -0.25) is 0 Å². The van der Waals surface area contributed by atoms with Crippen molar-refractivity contribution in [2.45, 2.75) is 19.1 Å². The molecular formula is C21H21NO. The topological polar surface area (TPSA) is 21.3 Å². The number of benzene rings is 3. The average molecular weight is 303 g/mol. The Balaban J connectivity index is 1.64. The van der Waals surface area contributed by atoms with Crippen molar-refractivity contribution in [3.63, 3.8) is 0 Å². The number of ether oxygens (including phenoxy) is 1. The monoisotopic (exact) mass is 303 g/mol. The molecule has 1 unspecified atom stereocenters. The van der Waals surface area contributed by atoms with Crippen LogP contribution in [0.2, 0.25) is 0 Å². The number of fused-ring (bicyclic) bond motifs is 1. The summed E-state index contributed by atoms with van der Waals surface area (Å²) in [7, 11) is 0. The second-order valence-corrected chi connectivity index (χ2v) is 6.14. The first kappa shape index (κ1) is 14.4. The molecule has 1 atom stereocenters. The fraction of sp³-hybridized carbons (Fsp3) is 0.238. The van der Waals surface area contributed by atoms with Gasteiger partial charge in [-0.2, -0.15) is 0 Å². The van der Waals surface area contributed by atoms with Crippen LogP contribution in [0.1, 0.15) is 12.0 Å². The van der Waals surface area contributed by atoms with E-state index in [0.717, 1.165) is 19.5 Å². The highest BCUT2D eigenvalue weighted by Gasteiger charge is 2.15. The summed E-state index contributed by atoms with van der Waals surface area (Å²) in [4.78, 5) is 0. The van der Waals surface area contributed by atoms with Crippen LogP contribution in [0.3, 0.4) is 0 Å². The lowest BCUT2D eigenvalue weighted by Crippen LogP contribution is -2.16. The van der Waals surface area contributed by atoms with Crippen molar-refractivity contribution in [2.24, 2.45) is 0 Å². The minimum Gasteiger partial charge on any atom is -0.372 e. The first-order valence-electron chi connectivity index (χ1n) is 8.29. The van der Waals surface area contributed by atoms with Crippen molar-refractivity contribution in [1.29, 1.82) is 0 Å². The summed E-state index contributed by atoms with van der Waals surface area (Å²) in [6.45, 7) is 2.71. The van der Waals surface area contributed by atoms with Gasteiger partial charge in [-0.25, -0.2) is 0 Å². The Bertz CT molecular complexity index is 806. The van der Waals surface area contributed by atoms with Crippen molar-refractivity contribution in [3.8, 4) is 11.1 Å². The molecule has 0 saturated carbocycles. The molecule has 2 nitrogen and oxygen atoms in total. The molecule has 116 valence electrons. The van der Waals surface area contributed by atoms with Crippen molar-refractivity contribution in [3.05, 3.63) is 72.3 Å². The number of nitrogens with one attached hydrogen (secondary N) is 1. The number of hydrogen-bond acceptors (Lipinski definition) is 2. The molecule has 4 rings (SSSR count). The normalized spacial score (nSPS) is 17.7. The summed E-state index contributed by atoms with van der Waals surface area (Å²) in [5.74, 6) is 0. The van der Waals surface area contributed by atoms with Gasteiger partial charge in [0.2, 0.25) is 0 Å². The van der Waals surface area contributed by atoms with Crippen LogP contribution in [0.25, 0.3) is 21.9 Å². The predicted octanol–water partition coefficient (Wildman–Crippen LogP) is 4.39. The van der Waals surface area contributed by atoms with E-state index in [9.17, 15) is 0 Å². The third kappa shape index (κ3) is 3.14. The van der Waals surface area contributed by atoms with E-state index in [-0.39, 0.29) is 0 Å². The molecule has 2 heteroatoms. The van der Waals surface area contributed by atoms with Crippen LogP contribution in [-0.4, -0.2) is 19.2 Å². The Labute approximate surface area is 137 Å². The van der Waals surface area contributed by atoms with E-state index in [1.165, 1.54) is 27.5 Å². The van der Waals surface area contributed by atoms with E-state index in [0.29, 0.717) is 12.7 Å². The molecule has 0 aromatic heterocycles. The summed E-state index contributed by atoms with van der Waals surface area (Å²) >= 11 is 0. The highest BCUT2D eigenvalue weighted by atomic mass is 16.5. The van der Waals surface area contributed by atoms with Crippen molar-refractivity contribution in [1.82, 2.24) is 5.32 Å². The molecule has 1 saturated heterocycles. The third-order valence-electron chi connectivity index (χ3n) is 4.57. The fourth-order valence-electron chi connectivity index (χ4n) is 3.26. The zero-order chi connectivity index (χ0) is 15.5. The largest absolute Gasteiger partial charge is 0.372 e. The number of rotatable bonds is 4. The second-order valence-electron chi connectivity index (χ2n) is 6.14. The standard InChI is InChI=1S/C21H21NO/c1-2-6-17-13-18(10-9-16(17)5-1)21-8-4-3-7-19(21)15-23-20-11-12-22-14-20/h1-10,13,20,22H,11-12,14-15H2. The summed E-state index contributed by atoms with van der Waals surface area (Å²) < 4.78 is 6.08. The Morgan fingerprint density at radius 1 is 0.913 bits per heavy atom. The Hall–Kier alpha value is -2.16. The van der Waals surface area contributed by atoms with Crippen LogP contribution in [0.4, 0.5) is 0 Å². The van der Waals surface area contributed by atoms with Crippen LogP contribution < -0.4 is 5.32 Å². The summed E-state index contributed by atoms with van der Waals surface area (Å²) in [6.07, 6.45) is 1.46. The second kappa shape index (κ2) is 6.53. The van der Waals surface area contributed by atoms with Crippen LogP contribution >= 0.6 is 0 Å². The Morgan fingerprint density at radius 2 is 1.74 bits per heavy atom. The molecule has 3 aromatic carbocycles. The van der Waals surface area contributed by atoms with Crippen LogP contribution in [0, 0.1) is 0 Å². The smallest absolute Gasteiger partial charge is 0.0727 e. The van der Waals surface area contributed by atoms with Crippen molar-refractivity contribution in [2.75, 3.05) is 13.1 Å². The van der Waals surface area contributed by atoms with E-state index < -0.39 is 0 Å². The van der Waals surface area contributed by atoms with Gasteiger partial charge < -0.3 is 10.1 Å². The van der Waals surface area contributed by atoms with Crippen LogP contribution in [0.15, 0.2) is 66.7 Å². The van der Waals surface area contributed by atoms with E-state index in [2.05, 4.69) is 72.0 Å². The molecule has 0 amide bonds. The van der Waals surface area contributed by atoms with E-state index >= 15 is 0 Å². The molecule has 1 heterocycles. The van der Waals surface area contributed by atoms with Gasteiger partial charge in [0, 0.05) is 6.54 Å². The van der Waals surface area contributed by atoms with Gasteiger partial charge >= 0.3 is 0 Å². The lowest BCUT2D eigenvalue weighted by atomic mass is 9.97. The lowest BCUT2D eigenvalue weighted by molar-refractivity contribution is 0.0545. The summed E-state index contributed by atoms with van der Waals surface area (Å²) in [5, 5.41) is 5.91. The van der Waals surface area contributed by atoms with Gasteiger partial charge in [0.15, 0.2) is 0 Å². The van der Waals surface area contributed by atoms with Crippen LogP contribution in [-0.2, 0) is 11.3 Å². The van der Waals surface area contributed by atoms with Gasteiger partial charge in [0.1, 0.15) is 0 Å². The summed E-state index contributed by atoms with van der Waals surface area (Å²) in [6, 6.07) is 23.7. The molecule has 0 aliphatic carbocycles. The molecular weight excluding hydrogens is 282 g/mol. The highest BCUT2D eigenvalue weighted by molar-refractivity contribution is 5.87. The zero-order valence-electron chi connectivity index (χ0n) is 13.2. The average Bonchev–Trinajstić information content (AvgIpc) is 3.13. The molecule has 1 fully saturated rings. The van der Waals surface area contributed by atoms with Crippen molar-refractivity contribution < 1.29 is 4.74 Å². The number of hydrogen-bond donors (Lipinski definition) is 1. The lowest BCUT2D eigenvalue weighted by Gasteiger charge is -2.14. The van der Waals surface area contributed by atoms with E-state index in [1.54, 1.807) is 0 Å². The van der Waals surface area contributed by atoms with E-state index in [4.69, 9.17) is 4.74 Å². The molecule has 0 spiro atoms. The molecule has 0 bridgehead atoms. The molecule has 1 aliphatic rings. The molecule has 3 aromatic rings. The molecule has 0 radical (unpaired) electrons. The van der Waals surface area contributed by atoms with Crippen molar-refractivity contribution >= 4 is 10.8 Å². The molecule has 23 heavy (non-hydrogen) atoms. The van der Waals surface area contributed by atoms with E-state index in [1.807, 2.05) is 0 Å². The maximum atomic E-state index is 6.08. The SMILES string of the molecule is c1ccc(-c2ccc3ccccc3c2)c(COC2CCNC2)c1.